The maximum Gasteiger partial charge on any atom is 0.242 e. The molecule has 0 saturated heterocycles. The van der Waals surface area contributed by atoms with E-state index in [1.54, 1.807) is 16.8 Å². The van der Waals surface area contributed by atoms with Crippen LogP contribution in [0.15, 0.2) is 63.8 Å². The highest BCUT2D eigenvalue weighted by molar-refractivity contribution is 8.01. The molecule has 3 aromatic rings. The van der Waals surface area contributed by atoms with Gasteiger partial charge in [0, 0.05) is 19.8 Å². The second kappa shape index (κ2) is 9.18. The van der Waals surface area contributed by atoms with E-state index in [1.807, 2.05) is 30.3 Å². The molecule has 0 unspecified atom stereocenters. The highest BCUT2D eigenvalue weighted by atomic mass is 32.2. The number of rotatable bonds is 7. The van der Waals surface area contributed by atoms with Gasteiger partial charge in [0.05, 0.1) is 16.3 Å². The molecule has 2 aromatic carbocycles. The van der Waals surface area contributed by atoms with Crippen LogP contribution in [0.5, 0.6) is 0 Å². The number of aromatic nitrogens is 2. The lowest BCUT2D eigenvalue weighted by atomic mass is 10.3. The summed E-state index contributed by atoms with van der Waals surface area (Å²) < 4.78 is 28.5. The summed E-state index contributed by atoms with van der Waals surface area (Å²) in [5, 5.41) is 7.17. The van der Waals surface area contributed by atoms with Crippen LogP contribution >= 0.6 is 35.3 Å². The van der Waals surface area contributed by atoms with E-state index < -0.39 is 10.0 Å². The van der Waals surface area contributed by atoms with Crippen molar-refractivity contribution in [2.75, 3.05) is 25.2 Å². The zero-order chi connectivity index (χ0) is 21.0. The first kappa shape index (κ1) is 21.7. The number of thioether (sulfide) groups is 1. The van der Waals surface area contributed by atoms with E-state index in [2.05, 4.69) is 10.4 Å². The van der Waals surface area contributed by atoms with Crippen molar-refractivity contribution in [1.82, 2.24) is 14.1 Å². The predicted molar refractivity (Wildman–Crippen MR) is 119 cm³/mol. The average molecular weight is 467 g/mol. The van der Waals surface area contributed by atoms with Crippen LogP contribution in [0.4, 0.5) is 5.69 Å². The largest absolute Gasteiger partial charge is 0.325 e. The fourth-order valence-electron chi connectivity index (χ4n) is 2.32. The molecule has 0 aliphatic carbocycles. The van der Waals surface area contributed by atoms with Crippen LogP contribution in [0.1, 0.15) is 0 Å². The van der Waals surface area contributed by atoms with Gasteiger partial charge in [0.1, 0.15) is 0 Å². The molecule has 0 saturated carbocycles. The first-order valence-corrected chi connectivity index (χ1v) is 12.0. The molecule has 0 spiro atoms. The highest BCUT2D eigenvalue weighted by Gasteiger charge is 2.17. The Morgan fingerprint density at radius 1 is 1.21 bits per heavy atom. The Morgan fingerprint density at radius 3 is 2.62 bits per heavy atom. The van der Waals surface area contributed by atoms with Gasteiger partial charge in [-0.25, -0.2) is 17.4 Å². The lowest BCUT2D eigenvalue weighted by Gasteiger charge is -2.12. The molecular formula is C18H18N4O3S4. The lowest BCUT2D eigenvalue weighted by Crippen LogP contribution is -2.22. The molecule has 0 bridgehead atoms. The van der Waals surface area contributed by atoms with Crippen molar-refractivity contribution in [1.29, 1.82) is 0 Å². The molecule has 3 rings (SSSR count). The Kier molecular flexibility index (Phi) is 6.85. The summed E-state index contributed by atoms with van der Waals surface area (Å²) >= 11 is 7.96. The first-order chi connectivity index (χ1) is 13.8. The van der Waals surface area contributed by atoms with E-state index in [-0.39, 0.29) is 16.6 Å². The molecule has 1 amide bonds. The second-order valence-electron chi connectivity index (χ2n) is 6.03. The molecule has 0 fully saturated rings. The van der Waals surface area contributed by atoms with Crippen molar-refractivity contribution < 1.29 is 13.2 Å². The zero-order valence-corrected chi connectivity index (χ0v) is 18.9. The van der Waals surface area contributed by atoms with Crippen molar-refractivity contribution in [3.05, 3.63) is 58.6 Å². The minimum absolute atomic E-state index is 0.118. The van der Waals surface area contributed by atoms with E-state index in [4.69, 9.17) is 12.2 Å². The van der Waals surface area contributed by atoms with Crippen LogP contribution in [0.25, 0.3) is 5.69 Å². The standard InChI is InChI=1S/C18H18N4O3S4/c1-21(2)29(24,25)15-10-6-7-13(11-15)19-16(23)12-27-17-20-22(18(26)28-17)14-8-4-3-5-9-14/h3-11H,12H2,1-2H3,(H,19,23). The van der Waals surface area contributed by atoms with Crippen LogP contribution in [-0.4, -0.2) is 48.3 Å². The van der Waals surface area contributed by atoms with Gasteiger partial charge in [-0.05, 0) is 42.5 Å². The molecule has 0 atom stereocenters. The van der Waals surface area contributed by atoms with Crippen molar-refractivity contribution in [3.63, 3.8) is 0 Å². The van der Waals surface area contributed by atoms with Gasteiger partial charge in [0.2, 0.25) is 15.9 Å². The smallest absolute Gasteiger partial charge is 0.242 e. The Bertz CT molecular complexity index is 1170. The van der Waals surface area contributed by atoms with E-state index in [1.165, 1.54) is 49.3 Å². The van der Waals surface area contributed by atoms with Gasteiger partial charge < -0.3 is 5.32 Å². The number of hydrogen-bond donors (Lipinski definition) is 1. The Morgan fingerprint density at radius 2 is 1.93 bits per heavy atom. The van der Waals surface area contributed by atoms with Gasteiger partial charge in [-0.2, -0.15) is 0 Å². The van der Waals surface area contributed by atoms with E-state index in [9.17, 15) is 13.2 Å². The lowest BCUT2D eigenvalue weighted by molar-refractivity contribution is -0.113. The first-order valence-electron chi connectivity index (χ1n) is 8.38. The van der Waals surface area contributed by atoms with Gasteiger partial charge >= 0.3 is 0 Å². The number of para-hydroxylation sites is 1. The third-order valence-corrected chi connectivity index (χ3v) is 7.93. The number of carbonyl (C=O) groups is 1. The molecule has 152 valence electrons. The van der Waals surface area contributed by atoms with Gasteiger partial charge in [0.15, 0.2) is 8.29 Å². The molecule has 7 nitrogen and oxygen atoms in total. The number of benzene rings is 2. The number of nitrogens with one attached hydrogen (secondary N) is 1. The normalized spacial score (nSPS) is 11.6. The third kappa shape index (κ3) is 5.31. The number of sulfonamides is 1. The molecule has 1 N–H and O–H groups in total. The van der Waals surface area contributed by atoms with Crippen LogP contribution in [0.3, 0.4) is 0 Å². The average Bonchev–Trinajstić information content (AvgIpc) is 3.08. The molecule has 1 aromatic heterocycles. The van der Waals surface area contributed by atoms with Crippen molar-refractivity contribution in [3.8, 4) is 5.69 Å². The molecule has 0 aliphatic heterocycles. The summed E-state index contributed by atoms with van der Waals surface area (Å²) in [4.78, 5) is 12.4. The van der Waals surface area contributed by atoms with Crippen LogP contribution in [-0.2, 0) is 14.8 Å². The van der Waals surface area contributed by atoms with E-state index >= 15 is 0 Å². The molecule has 0 radical (unpaired) electrons. The third-order valence-electron chi connectivity index (χ3n) is 3.75. The summed E-state index contributed by atoms with van der Waals surface area (Å²) in [7, 11) is -0.647. The fraction of sp³-hybridized carbons (Fsp3) is 0.167. The van der Waals surface area contributed by atoms with Crippen LogP contribution < -0.4 is 5.32 Å². The van der Waals surface area contributed by atoms with Crippen LogP contribution in [0, 0.1) is 3.95 Å². The van der Waals surface area contributed by atoms with Crippen molar-refractivity contribution in [2.24, 2.45) is 0 Å². The number of amides is 1. The second-order valence-corrected chi connectivity index (χ2v) is 11.0. The molecule has 0 aliphatic rings. The predicted octanol–water partition coefficient (Wildman–Crippen LogP) is 3.64. The van der Waals surface area contributed by atoms with Gasteiger partial charge in [-0.3, -0.25) is 4.79 Å². The number of carbonyl (C=O) groups excluding carboxylic acids is 1. The number of anilines is 1. The number of hydrogen-bond acceptors (Lipinski definition) is 7. The SMILES string of the molecule is CN(C)S(=O)(=O)c1cccc(NC(=O)CSc2nn(-c3ccccc3)c(=S)s2)c1. The van der Waals surface area contributed by atoms with Crippen molar-refractivity contribution in [2.45, 2.75) is 9.24 Å². The Hall–Kier alpha value is -2.05. The van der Waals surface area contributed by atoms with E-state index in [0.717, 1.165) is 9.99 Å². The molecular weight excluding hydrogens is 448 g/mol. The zero-order valence-electron chi connectivity index (χ0n) is 15.6. The van der Waals surface area contributed by atoms with Crippen LogP contribution in [0.2, 0.25) is 0 Å². The topological polar surface area (TPSA) is 84.3 Å². The highest BCUT2D eigenvalue weighted by Crippen LogP contribution is 2.24. The maximum absolute atomic E-state index is 12.3. The maximum atomic E-state index is 12.3. The minimum Gasteiger partial charge on any atom is -0.325 e. The Balaban J connectivity index is 1.65. The summed E-state index contributed by atoms with van der Waals surface area (Å²) in [6.07, 6.45) is 0. The quantitative estimate of drug-likeness (QED) is 0.423. The minimum atomic E-state index is -3.56. The molecule has 1 heterocycles. The van der Waals surface area contributed by atoms with Crippen molar-refractivity contribution >= 4 is 56.9 Å². The summed E-state index contributed by atoms with van der Waals surface area (Å²) in [5.41, 5.74) is 1.28. The summed E-state index contributed by atoms with van der Waals surface area (Å²) in [6, 6.07) is 15.7. The Labute approximate surface area is 182 Å². The van der Waals surface area contributed by atoms with Gasteiger partial charge in [-0.15, -0.1) is 5.10 Å². The monoisotopic (exact) mass is 466 g/mol. The molecule has 11 heteroatoms. The van der Waals surface area contributed by atoms with Gasteiger partial charge in [-0.1, -0.05) is 47.4 Å². The molecule has 29 heavy (non-hydrogen) atoms. The summed E-state index contributed by atoms with van der Waals surface area (Å²) in [6.45, 7) is 0. The van der Waals surface area contributed by atoms with E-state index in [0.29, 0.717) is 14.0 Å². The summed E-state index contributed by atoms with van der Waals surface area (Å²) in [5.74, 6) is -0.136. The number of nitrogens with zero attached hydrogens (tertiary/aromatic N) is 3. The fourth-order valence-corrected chi connectivity index (χ4v) is 5.43. The van der Waals surface area contributed by atoms with Gasteiger partial charge in [0.25, 0.3) is 0 Å².